The van der Waals surface area contributed by atoms with Crippen LogP contribution in [-0.2, 0) is 0 Å². The van der Waals surface area contributed by atoms with Crippen LogP contribution >= 0.6 is 11.3 Å². The van der Waals surface area contributed by atoms with Crippen LogP contribution in [0.25, 0.3) is 10.1 Å². The topological polar surface area (TPSA) is 27.8 Å². The van der Waals surface area contributed by atoms with E-state index in [2.05, 4.69) is 16.4 Å². The van der Waals surface area contributed by atoms with Crippen molar-refractivity contribution in [3.63, 3.8) is 0 Å². The monoisotopic (exact) mass is 260 g/mol. The lowest BCUT2D eigenvalue weighted by molar-refractivity contribution is 0.630. The predicted molar refractivity (Wildman–Crippen MR) is 73.5 cm³/mol. The third-order valence-electron chi connectivity index (χ3n) is 3.01. The molecule has 0 aliphatic rings. The van der Waals surface area contributed by atoms with Gasteiger partial charge in [0.25, 0.3) is 0 Å². The fourth-order valence-electron chi connectivity index (χ4n) is 2.14. The van der Waals surface area contributed by atoms with E-state index < -0.39 is 0 Å². The number of fused-ring (bicyclic) bond motifs is 1. The van der Waals surface area contributed by atoms with Gasteiger partial charge in [0.1, 0.15) is 5.82 Å². The molecular formula is C14H13FN2S. The van der Waals surface area contributed by atoms with E-state index in [0.717, 1.165) is 15.8 Å². The molecule has 0 radical (unpaired) electrons. The number of H-pyrrole nitrogens is 1. The van der Waals surface area contributed by atoms with Crippen LogP contribution in [-0.4, -0.2) is 12.0 Å². The molecule has 1 unspecified atom stereocenters. The highest BCUT2D eigenvalue weighted by atomic mass is 32.1. The lowest BCUT2D eigenvalue weighted by Gasteiger charge is -2.12. The van der Waals surface area contributed by atoms with Crippen molar-refractivity contribution in [3.05, 3.63) is 59.0 Å². The number of rotatable bonds is 3. The maximum absolute atomic E-state index is 13.2. The van der Waals surface area contributed by atoms with Crippen LogP contribution in [0.5, 0.6) is 0 Å². The fourth-order valence-corrected chi connectivity index (χ4v) is 3.36. The van der Waals surface area contributed by atoms with Crippen LogP contribution in [0.3, 0.4) is 0 Å². The van der Waals surface area contributed by atoms with Gasteiger partial charge in [0.15, 0.2) is 0 Å². The number of benzene rings is 1. The Labute approximate surface area is 108 Å². The Morgan fingerprint density at radius 3 is 2.89 bits per heavy atom. The molecule has 3 rings (SSSR count). The Hall–Kier alpha value is -1.65. The van der Waals surface area contributed by atoms with Gasteiger partial charge in [-0.2, -0.15) is 0 Å². The molecule has 0 bridgehead atoms. The lowest BCUT2D eigenvalue weighted by atomic mass is 10.1. The van der Waals surface area contributed by atoms with Crippen molar-refractivity contribution in [2.75, 3.05) is 7.05 Å². The third kappa shape index (κ3) is 1.94. The number of hydrogen-bond donors (Lipinski definition) is 2. The van der Waals surface area contributed by atoms with E-state index >= 15 is 0 Å². The molecule has 0 saturated carbocycles. The molecule has 4 heteroatoms. The van der Waals surface area contributed by atoms with Gasteiger partial charge in [-0.15, -0.1) is 11.3 Å². The fraction of sp³-hybridized carbons (Fsp3) is 0.143. The van der Waals surface area contributed by atoms with Crippen molar-refractivity contribution in [1.82, 2.24) is 10.3 Å². The van der Waals surface area contributed by atoms with Crippen LogP contribution in [0.4, 0.5) is 4.39 Å². The van der Waals surface area contributed by atoms with E-state index in [1.54, 1.807) is 17.4 Å². The van der Waals surface area contributed by atoms with E-state index in [9.17, 15) is 4.39 Å². The standard InChI is InChI=1S/C14H13FN2S/c1-16-14(11-3-2-6-17-11)13-7-9-4-5-10(15)8-12(9)18-13/h2-8,14,16-17H,1H3. The van der Waals surface area contributed by atoms with Crippen molar-refractivity contribution in [3.8, 4) is 0 Å². The largest absolute Gasteiger partial charge is 0.363 e. The van der Waals surface area contributed by atoms with E-state index in [-0.39, 0.29) is 11.9 Å². The summed E-state index contributed by atoms with van der Waals surface area (Å²) in [5.41, 5.74) is 1.12. The summed E-state index contributed by atoms with van der Waals surface area (Å²) in [6.07, 6.45) is 1.91. The van der Waals surface area contributed by atoms with E-state index in [4.69, 9.17) is 0 Å². The lowest BCUT2D eigenvalue weighted by Crippen LogP contribution is -2.16. The molecule has 0 aliphatic heterocycles. The summed E-state index contributed by atoms with van der Waals surface area (Å²) in [5, 5.41) is 4.37. The molecule has 1 atom stereocenters. The normalized spacial score (nSPS) is 13.0. The molecule has 1 aromatic carbocycles. The Balaban J connectivity index is 2.07. The highest BCUT2D eigenvalue weighted by Crippen LogP contribution is 2.32. The SMILES string of the molecule is CNC(c1ccc[nH]1)c1cc2ccc(F)cc2s1. The molecule has 2 aromatic heterocycles. The van der Waals surface area contributed by atoms with E-state index in [0.29, 0.717) is 0 Å². The minimum absolute atomic E-state index is 0.125. The molecule has 2 N–H and O–H groups in total. The van der Waals surface area contributed by atoms with Crippen LogP contribution in [0, 0.1) is 5.82 Å². The van der Waals surface area contributed by atoms with Gasteiger partial charge in [0.05, 0.1) is 6.04 Å². The second-order valence-electron chi connectivity index (χ2n) is 4.18. The van der Waals surface area contributed by atoms with Gasteiger partial charge in [-0.1, -0.05) is 6.07 Å². The Bertz CT molecular complexity index is 658. The maximum atomic E-state index is 13.2. The molecule has 3 aromatic rings. The number of aromatic nitrogens is 1. The van der Waals surface area contributed by atoms with Crippen LogP contribution in [0.2, 0.25) is 0 Å². The predicted octanol–water partition coefficient (Wildman–Crippen LogP) is 3.68. The number of hydrogen-bond acceptors (Lipinski definition) is 2. The van der Waals surface area contributed by atoms with Crippen LogP contribution in [0.1, 0.15) is 16.6 Å². The molecule has 2 nitrogen and oxygen atoms in total. The molecule has 92 valence electrons. The Morgan fingerprint density at radius 1 is 1.28 bits per heavy atom. The average molecular weight is 260 g/mol. The second kappa shape index (κ2) is 4.55. The summed E-state index contributed by atoms with van der Waals surface area (Å²) in [5.74, 6) is -0.184. The first kappa shape index (κ1) is 11.4. The zero-order chi connectivity index (χ0) is 12.5. The molecule has 18 heavy (non-hydrogen) atoms. The van der Waals surface area contributed by atoms with Gasteiger partial charge in [-0.3, -0.25) is 0 Å². The van der Waals surface area contributed by atoms with Gasteiger partial charge in [0, 0.05) is 21.5 Å². The summed E-state index contributed by atoms with van der Waals surface area (Å²) in [7, 11) is 1.93. The summed E-state index contributed by atoms with van der Waals surface area (Å²) in [6, 6.07) is 11.2. The molecule has 2 heterocycles. The highest BCUT2D eigenvalue weighted by Gasteiger charge is 2.15. The third-order valence-corrected chi connectivity index (χ3v) is 4.17. The van der Waals surface area contributed by atoms with Crippen molar-refractivity contribution in [2.45, 2.75) is 6.04 Å². The van der Waals surface area contributed by atoms with Crippen LogP contribution < -0.4 is 5.32 Å². The van der Waals surface area contributed by atoms with Crippen molar-refractivity contribution in [1.29, 1.82) is 0 Å². The first-order chi connectivity index (χ1) is 8.78. The Kier molecular flexibility index (Phi) is 2.89. The van der Waals surface area contributed by atoms with Crippen molar-refractivity contribution < 1.29 is 4.39 Å². The van der Waals surface area contributed by atoms with Gasteiger partial charge < -0.3 is 10.3 Å². The first-order valence-corrected chi connectivity index (χ1v) is 6.59. The molecular weight excluding hydrogens is 247 g/mol. The number of nitrogens with one attached hydrogen (secondary N) is 2. The average Bonchev–Trinajstić information content (AvgIpc) is 2.98. The van der Waals surface area contributed by atoms with Crippen molar-refractivity contribution in [2.24, 2.45) is 0 Å². The smallest absolute Gasteiger partial charge is 0.124 e. The summed E-state index contributed by atoms with van der Waals surface area (Å²) < 4.78 is 14.2. The molecule has 0 amide bonds. The Morgan fingerprint density at radius 2 is 2.17 bits per heavy atom. The van der Waals surface area contributed by atoms with Gasteiger partial charge in [0.2, 0.25) is 0 Å². The molecule has 0 aliphatic carbocycles. The maximum Gasteiger partial charge on any atom is 0.124 e. The summed E-state index contributed by atoms with van der Waals surface area (Å²) >= 11 is 1.62. The zero-order valence-electron chi connectivity index (χ0n) is 9.91. The number of halogens is 1. The van der Waals surface area contributed by atoms with Crippen molar-refractivity contribution >= 4 is 21.4 Å². The molecule has 0 saturated heterocycles. The first-order valence-electron chi connectivity index (χ1n) is 5.77. The van der Waals surface area contributed by atoms with Gasteiger partial charge in [-0.25, -0.2) is 4.39 Å². The summed E-state index contributed by atoms with van der Waals surface area (Å²) in [6.45, 7) is 0. The zero-order valence-corrected chi connectivity index (χ0v) is 10.7. The minimum Gasteiger partial charge on any atom is -0.363 e. The van der Waals surface area contributed by atoms with E-state index in [1.807, 2.05) is 31.4 Å². The second-order valence-corrected chi connectivity index (χ2v) is 5.29. The summed E-state index contributed by atoms with van der Waals surface area (Å²) in [4.78, 5) is 4.39. The molecule has 0 fully saturated rings. The minimum atomic E-state index is -0.184. The van der Waals surface area contributed by atoms with E-state index in [1.165, 1.54) is 10.9 Å². The number of thiophene rings is 1. The quantitative estimate of drug-likeness (QED) is 0.738. The molecule has 0 spiro atoms. The van der Waals surface area contributed by atoms with Gasteiger partial charge in [-0.05, 0) is 42.8 Å². The van der Waals surface area contributed by atoms with Crippen LogP contribution in [0.15, 0.2) is 42.6 Å². The number of aromatic amines is 1. The van der Waals surface area contributed by atoms with Gasteiger partial charge >= 0.3 is 0 Å². The highest BCUT2D eigenvalue weighted by molar-refractivity contribution is 7.19.